The highest BCUT2D eigenvalue weighted by atomic mass is 16.2. The average molecular weight is 402 g/mol. The van der Waals surface area contributed by atoms with Crippen LogP contribution in [-0.2, 0) is 11.3 Å². The van der Waals surface area contributed by atoms with Gasteiger partial charge in [-0.1, -0.05) is 43.2 Å². The third kappa shape index (κ3) is 3.95. The van der Waals surface area contributed by atoms with E-state index in [9.17, 15) is 9.59 Å². The Morgan fingerprint density at radius 1 is 1.07 bits per heavy atom. The highest BCUT2D eigenvalue weighted by Gasteiger charge is 2.48. The van der Waals surface area contributed by atoms with Crippen molar-refractivity contribution < 1.29 is 9.59 Å². The Bertz CT molecular complexity index is 949. The van der Waals surface area contributed by atoms with Gasteiger partial charge in [-0.2, -0.15) is 5.26 Å². The van der Waals surface area contributed by atoms with Crippen LogP contribution in [0.3, 0.4) is 0 Å². The number of carbonyl (C=O) groups excluding carboxylic acids is 2. The zero-order valence-corrected chi connectivity index (χ0v) is 17.3. The molecule has 1 aliphatic heterocycles. The minimum atomic E-state index is -0.408. The fraction of sp³-hybridized carbons (Fsp3) is 0.400. The molecular formula is C25H27N3O2. The molecule has 1 saturated carbocycles. The summed E-state index contributed by atoms with van der Waals surface area (Å²) in [5, 5.41) is 8.97. The molecule has 2 aliphatic rings. The molecule has 0 aromatic heterocycles. The molecule has 0 N–H and O–H groups in total. The van der Waals surface area contributed by atoms with Gasteiger partial charge in [0.25, 0.3) is 5.91 Å². The van der Waals surface area contributed by atoms with E-state index >= 15 is 0 Å². The van der Waals surface area contributed by atoms with Gasteiger partial charge in [0, 0.05) is 25.2 Å². The van der Waals surface area contributed by atoms with E-state index in [1.807, 2.05) is 47.4 Å². The van der Waals surface area contributed by atoms with Crippen LogP contribution in [0.1, 0.15) is 53.6 Å². The maximum atomic E-state index is 13.4. The summed E-state index contributed by atoms with van der Waals surface area (Å²) >= 11 is 0. The molecule has 0 radical (unpaired) electrons. The van der Waals surface area contributed by atoms with E-state index < -0.39 is 6.04 Å². The Hall–Kier alpha value is -3.13. The number of nitrogens with zero attached hydrogens (tertiary/aromatic N) is 3. The fourth-order valence-corrected chi connectivity index (χ4v) is 4.99. The smallest absolute Gasteiger partial charge is 0.254 e. The van der Waals surface area contributed by atoms with Crippen LogP contribution in [0.15, 0.2) is 54.6 Å². The Morgan fingerprint density at radius 2 is 1.77 bits per heavy atom. The second kappa shape index (κ2) is 8.71. The molecule has 3 unspecified atom stereocenters. The lowest BCUT2D eigenvalue weighted by Gasteiger charge is -2.34. The molecule has 4 rings (SSSR count). The molecule has 5 heteroatoms. The zero-order valence-electron chi connectivity index (χ0n) is 17.3. The first-order valence-corrected chi connectivity index (χ1v) is 10.7. The van der Waals surface area contributed by atoms with Gasteiger partial charge < -0.3 is 9.80 Å². The van der Waals surface area contributed by atoms with Gasteiger partial charge >= 0.3 is 0 Å². The van der Waals surface area contributed by atoms with E-state index in [0.717, 1.165) is 31.2 Å². The molecule has 1 heterocycles. The molecule has 154 valence electrons. The first-order valence-electron chi connectivity index (χ1n) is 10.7. The Kier molecular flexibility index (Phi) is 5.85. The molecular weight excluding hydrogens is 374 g/mol. The quantitative estimate of drug-likeness (QED) is 0.778. The summed E-state index contributed by atoms with van der Waals surface area (Å²) in [4.78, 5) is 30.4. The van der Waals surface area contributed by atoms with Crippen LogP contribution in [0, 0.1) is 17.2 Å². The van der Waals surface area contributed by atoms with Crippen LogP contribution in [0.2, 0.25) is 0 Å². The number of hydrogen-bond donors (Lipinski definition) is 0. The van der Waals surface area contributed by atoms with Gasteiger partial charge in [0.2, 0.25) is 5.91 Å². The number of benzene rings is 2. The number of rotatable bonds is 4. The monoisotopic (exact) mass is 401 g/mol. The molecule has 1 saturated heterocycles. The van der Waals surface area contributed by atoms with Crippen molar-refractivity contribution in [2.75, 3.05) is 7.05 Å². The van der Waals surface area contributed by atoms with Crippen molar-refractivity contribution >= 4 is 11.8 Å². The Labute approximate surface area is 177 Å². The van der Waals surface area contributed by atoms with Crippen LogP contribution in [0.5, 0.6) is 0 Å². The second-order valence-corrected chi connectivity index (χ2v) is 8.44. The number of likely N-dealkylation sites (N-methyl/N-ethyl adjacent to an activating group) is 1. The molecule has 1 aliphatic carbocycles. The van der Waals surface area contributed by atoms with Crippen LogP contribution in [0.4, 0.5) is 0 Å². The second-order valence-electron chi connectivity index (χ2n) is 8.44. The normalized spacial score (nSPS) is 22.8. The SMILES string of the molecule is CN(Cc1ccc(C#N)cc1)C(=O)C1CC2CCCCC2N1C(=O)c1ccccc1. The van der Waals surface area contributed by atoms with E-state index in [-0.39, 0.29) is 17.9 Å². The average Bonchev–Trinajstić information content (AvgIpc) is 3.18. The topological polar surface area (TPSA) is 64.4 Å². The largest absolute Gasteiger partial charge is 0.340 e. The van der Waals surface area contributed by atoms with E-state index in [0.29, 0.717) is 23.6 Å². The van der Waals surface area contributed by atoms with Crippen LogP contribution >= 0.6 is 0 Å². The van der Waals surface area contributed by atoms with Crippen molar-refractivity contribution in [1.82, 2.24) is 9.80 Å². The zero-order chi connectivity index (χ0) is 21.1. The molecule has 0 spiro atoms. The standard InChI is InChI=1S/C25H27N3O2/c1-27(17-19-13-11-18(16-26)12-14-19)25(30)23-15-21-9-5-6-10-22(21)28(23)24(29)20-7-3-2-4-8-20/h2-4,7-8,11-14,21-23H,5-6,9-10,15,17H2,1H3. The summed E-state index contributed by atoms with van der Waals surface area (Å²) in [6.45, 7) is 0.462. The molecule has 2 fully saturated rings. The maximum absolute atomic E-state index is 13.4. The van der Waals surface area contributed by atoms with E-state index in [2.05, 4.69) is 6.07 Å². The molecule has 5 nitrogen and oxygen atoms in total. The summed E-state index contributed by atoms with van der Waals surface area (Å²) in [6.07, 6.45) is 5.11. The molecule has 3 atom stereocenters. The summed E-state index contributed by atoms with van der Waals surface area (Å²) in [7, 11) is 1.80. The summed E-state index contributed by atoms with van der Waals surface area (Å²) in [6, 6.07) is 18.5. The van der Waals surface area contributed by atoms with Gasteiger partial charge in [0.1, 0.15) is 6.04 Å². The highest BCUT2D eigenvalue weighted by Crippen LogP contribution is 2.41. The van der Waals surface area contributed by atoms with E-state index in [4.69, 9.17) is 5.26 Å². The lowest BCUT2D eigenvalue weighted by atomic mass is 9.84. The highest BCUT2D eigenvalue weighted by molar-refractivity contribution is 5.98. The van der Waals surface area contributed by atoms with Crippen molar-refractivity contribution in [3.8, 4) is 6.07 Å². The maximum Gasteiger partial charge on any atom is 0.254 e. The fourth-order valence-electron chi connectivity index (χ4n) is 4.99. The third-order valence-corrected chi connectivity index (χ3v) is 6.51. The van der Waals surface area contributed by atoms with Crippen LogP contribution < -0.4 is 0 Å². The number of hydrogen-bond acceptors (Lipinski definition) is 3. The number of likely N-dealkylation sites (tertiary alicyclic amines) is 1. The lowest BCUT2D eigenvalue weighted by molar-refractivity contribution is -0.134. The minimum absolute atomic E-state index is 0.00181. The molecule has 30 heavy (non-hydrogen) atoms. The molecule has 2 aromatic carbocycles. The molecule has 2 amide bonds. The number of carbonyl (C=O) groups is 2. The van der Waals surface area contributed by atoms with Gasteiger partial charge in [0.05, 0.1) is 11.6 Å². The Balaban J connectivity index is 1.55. The van der Waals surface area contributed by atoms with Gasteiger partial charge in [-0.15, -0.1) is 0 Å². The summed E-state index contributed by atoms with van der Waals surface area (Å²) in [5.41, 5.74) is 2.23. The van der Waals surface area contributed by atoms with E-state index in [1.165, 1.54) is 6.42 Å². The number of amides is 2. The first-order chi connectivity index (χ1) is 14.6. The lowest BCUT2D eigenvalue weighted by Crippen LogP contribution is -2.49. The van der Waals surface area contributed by atoms with E-state index in [1.54, 1.807) is 24.1 Å². The summed E-state index contributed by atoms with van der Waals surface area (Å²) in [5.74, 6) is 0.372. The molecule has 0 bridgehead atoms. The minimum Gasteiger partial charge on any atom is -0.340 e. The van der Waals surface area contributed by atoms with Gasteiger partial charge in [-0.05, 0) is 55.0 Å². The van der Waals surface area contributed by atoms with Crippen LogP contribution in [-0.4, -0.2) is 40.7 Å². The van der Waals surface area contributed by atoms with Crippen molar-refractivity contribution in [3.63, 3.8) is 0 Å². The van der Waals surface area contributed by atoms with Gasteiger partial charge in [-0.3, -0.25) is 9.59 Å². The first kappa shape index (κ1) is 20.2. The predicted octanol–water partition coefficient (Wildman–Crippen LogP) is 3.99. The number of nitriles is 1. The van der Waals surface area contributed by atoms with Crippen molar-refractivity contribution in [2.45, 2.75) is 50.7 Å². The van der Waals surface area contributed by atoms with Crippen LogP contribution in [0.25, 0.3) is 0 Å². The van der Waals surface area contributed by atoms with Crippen molar-refractivity contribution in [2.24, 2.45) is 5.92 Å². The number of fused-ring (bicyclic) bond motifs is 1. The molecule has 2 aromatic rings. The predicted molar refractivity (Wildman–Crippen MR) is 114 cm³/mol. The van der Waals surface area contributed by atoms with Gasteiger partial charge in [0.15, 0.2) is 0 Å². The van der Waals surface area contributed by atoms with Crippen molar-refractivity contribution in [1.29, 1.82) is 5.26 Å². The van der Waals surface area contributed by atoms with Gasteiger partial charge in [-0.25, -0.2) is 0 Å². The third-order valence-electron chi connectivity index (χ3n) is 6.51. The van der Waals surface area contributed by atoms with Crippen molar-refractivity contribution in [3.05, 3.63) is 71.3 Å². The Morgan fingerprint density at radius 3 is 2.47 bits per heavy atom. The summed E-state index contributed by atoms with van der Waals surface area (Å²) < 4.78 is 0.